The van der Waals surface area contributed by atoms with Gasteiger partial charge in [0, 0.05) is 33.2 Å². The van der Waals surface area contributed by atoms with E-state index in [1.807, 2.05) is 47.2 Å². The molecule has 1 aromatic heterocycles. The zero-order valence-electron chi connectivity index (χ0n) is 16.7. The summed E-state index contributed by atoms with van der Waals surface area (Å²) in [7, 11) is 0. The largest absolute Gasteiger partial charge is 0.342 e. The van der Waals surface area contributed by atoms with Crippen LogP contribution in [0, 0.1) is 5.82 Å². The lowest BCUT2D eigenvalue weighted by atomic mass is 10.1. The molecule has 5 rings (SSSR count). The van der Waals surface area contributed by atoms with Crippen molar-refractivity contribution in [3.8, 4) is 0 Å². The maximum atomic E-state index is 14.2. The summed E-state index contributed by atoms with van der Waals surface area (Å²) in [5.74, 6) is -0.428. The van der Waals surface area contributed by atoms with Gasteiger partial charge in [-0.15, -0.1) is 0 Å². The van der Waals surface area contributed by atoms with Gasteiger partial charge in [0.1, 0.15) is 5.82 Å². The summed E-state index contributed by atoms with van der Waals surface area (Å²) >= 11 is 12.8. The van der Waals surface area contributed by atoms with E-state index in [1.54, 1.807) is 36.4 Å². The molecule has 1 amide bonds. The van der Waals surface area contributed by atoms with Crippen molar-refractivity contribution in [3.05, 3.63) is 106 Å². The van der Waals surface area contributed by atoms with E-state index in [0.717, 1.165) is 16.5 Å². The van der Waals surface area contributed by atoms with E-state index in [1.165, 1.54) is 22.7 Å². The van der Waals surface area contributed by atoms with Crippen LogP contribution in [0.5, 0.6) is 0 Å². The number of nitrogens with zero attached hydrogens (tertiary/aromatic N) is 2. The van der Waals surface area contributed by atoms with E-state index in [0.29, 0.717) is 32.0 Å². The lowest BCUT2D eigenvalue weighted by molar-refractivity contribution is -0.113. The Hall–Kier alpha value is -2.93. The van der Waals surface area contributed by atoms with Gasteiger partial charge in [0.15, 0.2) is 4.32 Å². The number of hydrogen-bond acceptors (Lipinski definition) is 3. The van der Waals surface area contributed by atoms with Crippen molar-refractivity contribution >= 4 is 68.5 Å². The van der Waals surface area contributed by atoms with Gasteiger partial charge in [-0.1, -0.05) is 78.0 Å². The van der Waals surface area contributed by atoms with Crippen LogP contribution in [0.3, 0.4) is 0 Å². The molecule has 7 heteroatoms. The topological polar surface area (TPSA) is 25.2 Å². The number of fused-ring (bicyclic) bond motifs is 1. The molecule has 0 N–H and O–H groups in total. The molecule has 4 aromatic rings. The van der Waals surface area contributed by atoms with Crippen molar-refractivity contribution in [1.82, 2.24) is 4.57 Å². The van der Waals surface area contributed by atoms with E-state index in [9.17, 15) is 9.18 Å². The molecule has 0 saturated carbocycles. The van der Waals surface area contributed by atoms with Gasteiger partial charge in [0.05, 0.1) is 17.1 Å². The number of amides is 1. The average Bonchev–Trinajstić information content (AvgIpc) is 3.26. The molecule has 0 aliphatic carbocycles. The Morgan fingerprint density at radius 2 is 1.81 bits per heavy atom. The highest BCUT2D eigenvalue weighted by Crippen LogP contribution is 2.37. The third-order valence-electron chi connectivity index (χ3n) is 5.26. The van der Waals surface area contributed by atoms with Gasteiger partial charge in [-0.05, 0) is 36.4 Å². The molecule has 1 saturated heterocycles. The lowest BCUT2D eigenvalue weighted by Gasteiger charge is -2.14. The third kappa shape index (κ3) is 3.86. The van der Waals surface area contributed by atoms with Crippen molar-refractivity contribution < 1.29 is 9.18 Å². The van der Waals surface area contributed by atoms with Crippen LogP contribution in [0.1, 0.15) is 11.1 Å². The number of halogens is 2. The Morgan fingerprint density at radius 3 is 2.62 bits per heavy atom. The first-order chi connectivity index (χ1) is 15.5. The molecule has 32 heavy (non-hydrogen) atoms. The number of carbonyl (C=O) groups is 1. The van der Waals surface area contributed by atoms with Crippen molar-refractivity contribution in [1.29, 1.82) is 0 Å². The van der Waals surface area contributed by atoms with Gasteiger partial charge in [0.2, 0.25) is 0 Å². The van der Waals surface area contributed by atoms with Crippen LogP contribution < -0.4 is 4.90 Å². The summed E-state index contributed by atoms with van der Waals surface area (Å²) in [5.41, 5.74) is 3.09. The van der Waals surface area contributed by atoms with Gasteiger partial charge in [-0.2, -0.15) is 0 Å². The molecule has 3 aromatic carbocycles. The summed E-state index contributed by atoms with van der Waals surface area (Å²) in [6.07, 6.45) is 3.80. The zero-order chi connectivity index (χ0) is 22.2. The molecule has 0 unspecified atom stereocenters. The van der Waals surface area contributed by atoms with E-state index in [4.69, 9.17) is 23.8 Å². The fourth-order valence-corrected chi connectivity index (χ4v) is 5.25. The highest BCUT2D eigenvalue weighted by atomic mass is 35.5. The van der Waals surface area contributed by atoms with Crippen LogP contribution in [0.15, 0.2) is 83.9 Å². The second-order valence-corrected chi connectivity index (χ2v) is 9.43. The molecule has 0 atom stereocenters. The Kier molecular flexibility index (Phi) is 5.59. The molecule has 0 radical (unpaired) electrons. The van der Waals surface area contributed by atoms with Gasteiger partial charge in [-0.25, -0.2) is 4.39 Å². The minimum absolute atomic E-state index is 0.187. The normalized spacial score (nSPS) is 15.3. The van der Waals surface area contributed by atoms with Crippen molar-refractivity contribution in [2.75, 3.05) is 4.90 Å². The highest BCUT2D eigenvalue weighted by Gasteiger charge is 2.33. The molecular formula is C25H16ClFN2OS2. The minimum atomic E-state index is -0.241. The first kappa shape index (κ1) is 20.9. The highest BCUT2D eigenvalue weighted by molar-refractivity contribution is 8.27. The predicted octanol–water partition coefficient (Wildman–Crippen LogP) is 6.89. The van der Waals surface area contributed by atoms with E-state index in [2.05, 4.69) is 0 Å². The number of para-hydroxylation sites is 1. The standard InChI is InChI=1S/C25H16ClFN2OS2/c26-18-7-5-8-19(13-18)29-24(30)23(32-25(29)31)12-17-15-28(22-11-4-2-9-20(17)22)14-16-6-1-3-10-21(16)27/h1-13,15H,14H2/b23-12+. The second-order valence-electron chi connectivity index (χ2n) is 7.32. The zero-order valence-corrected chi connectivity index (χ0v) is 19.1. The summed E-state index contributed by atoms with van der Waals surface area (Å²) < 4.78 is 16.7. The fourth-order valence-electron chi connectivity index (χ4n) is 3.78. The number of thioether (sulfide) groups is 1. The van der Waals surface area contributed by atoms with Gasteiger partial charge >= 0.3 is 0 Å². The van der Waals surface area contributed by atoms with Gasteiger partial charge in [0.25, 0.3) is 5.91 Å². The number of carbonyl (C=O) groups excluding carboxylic acids is 1. The third-order valence-corrected chi connectivity index (χ3v) is 6.80. The number of thiocarbonyl (C=S) groups is 1. The maximum absolute atomic E-state index is 14.2. The number of anilines is 1. The first-order valence-corrected chi connectivity index (χ1v) is 11.5. The van der Waals surface area contributed by atoms with Crippen LogP contribution in [0.4, 0.5) is 10.1 Å². The Labute approximate surface area is 199 Å². The number of benzene rings is 3. The smallest absolute Gasteiger partial charge is 0.270 e. The van der Waals surface area contributed by atoms with Crippen LogP contribution in [0.25, 0.3) is 17.0 Å². The predicted molar refractivity (Wildman–Crippen MR) is 135 cm³/mol. The fraction of sp³-hybridized carbons (Fsp3) is 0.0400. The summed E-state index contributed by atoms with van der Waals surface area (Å²) in [6.45, 7) is 0.393. The SMILES string of the molecule is O=C1/C(=C\c2cn(Cc3ccccc3F)c3ccccc23)SC(=S)N1c1cccc(Cl)c1. The van der Waals surface area contributed by atoms with Crippen LogP contribution >= 0.6 is 35.6 Å². The molecule has 2 heterocycles. The molecule has 158 valence electrons. The Morgan fingerprint density at radius 1 is 1.03 bits per heavy atom. The molecule has 1 aliphatic heterocycles. The number of hydrogen-bond donors (Lipinski definition) is 0. The quantitative estimate of drug-likeness (QED) is 0.236. The van der Waals surface area contributed by atoms with E-state index in [-0.39, 0.29) is 11.7 Å². The maximum Gasteiger partial charge on any atom is 0.270 e. The molecule has 1 aliphatic rings. The van der Waals surface area contributed by atoms with Gasteiger partial charge < -0.3 is 4.57 Å². The van der Waals surface area contributed by atoms with E-state index >= 15 is 0 Å². The minimum Gasteiger partial charge on any atom is -0.342 e. The van der Waals surface area contributed by atoms with Crippen LogP contribution in [-0.4, -0.2) is 14.8 Å². The summed E-state index contributed by atoms with van der Waals surface area (Å²) in [5, 5.41) is 1.52. The monoisotopic (exact) mass is 478 g/mol. The molecule has 0 bridgehead atoms. The van der Waals surface area contributed by atoms with Crippen molar-refractivity contribution in [2.24, 2.45) is 0 Å². The van der Waals surface area contributed by atoms with Gasteiger partial charge in [-0.3, -0.25) is 9.69 Å². The summed E-state index contributed by atoms with van der Waals surface area (Å²) in [4.78, 5) is 15.2. The average molecular weight is 479 g/mol. The number of rotatable bonds is 4. The van der Waals surface area contributed by atoms with Crippen LogP contribution in [0.2, 0.25) is 5.02 Å². The van der Waals surface area contributed by atoms with E-state index < -0.39 is 0 Å². The molecule has 0 spiro atoms. The summed E-state index contributed by atoms with van der Waals surface area (Å²) in [6, 6.07) is 21.7. The Bertz CT molecular complexity index is 1410. The lowest BCUT2D eigenvalue weighted by Crippen LogP contribution is -2.27. The Balaban J connectivity index is 1.53. The van der Waals surface area contributed by atoms with Crippen LogP contribution in [-0.2, 0) is 11.3 Å². The second kappa shape index (κ2) is 8.54. The molecule has 1 fully saturated rings. The molecule has 3 nitrogen and oxygen atoms in total. The van der Waals surface area contributed by atoms with Crippen molar-refractivity contribution in [2.45, 2.75) is 6.54 Å². The van der Waals surface area contributed by atoms with Crippen molar-refractivity contribution in [3.63, 3.8) is 0 Å². The number of aromatic nitrogens is 1. The molecular weight excluding hydrogens is 463 g/mol. The first-order valence-electron chi connectivity index (χ1n) is 9.86.